The maximum absolute atomic E-state index is 11.4. The second-order valence-electron chi connectivity index (χ2n) is 13.1. The van der Waals surface area contributed by atoms with Crippen LogP contribution in [0, 0.1) is 0 Å². The van der Waals surface area contributed by atoms with Gasteiger partial charge >= 0.3 is 0 Å². The van der Waals surface area contributed by atoms with Crippen molar-refractivity contribution in [2.75, 3.05) is 26.6 Å². The molecule has 0 radical (unpaired) electrons. The molecule has 0 saturated heterocycles. The van der Waals surface area contributed by atoms with Gasteiger partial charge in [-0.3, -0.25) is 4.18 Å². The molecule has 0 rings (SSSR count). The predicted molar refractivity (Wildman–Crippen MR) is 214 cm³/mol. The van der Waals surface area contributed by atoms with Crippen LogP contribution >= 0.6 is 0 Å². The van der Waals surface area contributed by atoms with Crippen LogP contribution in [0.4, 0.5) is 0 Å². The molecule has 5 nitrogen and oxygen atoms in total. The second kappa shape index (κ2) is 37.5. The van der Waals surface area contributed by atoms with Gasteiger partial charge in [-0.25, -0.2) is 0 Å². The molecular weight excluding hydrogens is 629 g/mol. The molecule has 6 heteroatoms. The number of methoxy groups -OCH3 is 1. The van der Waals surface area contributed by atoms with Crippen molar-refractivity contribution in [1.29, 1.82) is 0 Å². The van der Waals surface area contributed by atoms with Gasteiger partial charge < -0.3 is 9.47 Å². The lowest BCUT2D eigenvalue weighted by atomic mass is 10.0. The molecule has 0 fully saturated rings. The standard InChI is InChI=1S/C43H76O5S/c1-5-7-9-11-13-15-17-19-21-23-25-27-29-31-33-35-37-42(48-43(41-46-3)39-40-47-49(4,44)45)38-36-34-32-30-28-26-24-22-20-18-16-14-12-10-8-6-2/h7-10,13-16,19-22,42-43H,5-6,11-12,17-18,23-41H2,1-4H3/b9-7-,10-8-,15-13-,16-14-,21-19-,22-20-. The summed E-state index contributed by atoms with van der Waals surface area (Å²) in [6.07, 6.45) is 54.7. The maximum Gasteiger partial charge on any atom is 0.264 e. The van der Waals surface area contributed by atoms with Gasteiger partial charge in [-0.1, -0.05) is 151 Å². The van der Waals surface area contributed by atoms with E-state index in [1.54, 1.807) is 7.11 Å². The highest BCUT2D eigenvalue weighted by Crippen LogP contribution is 2.20. The minimum atomic E-state index is -3.45. The Labute approximate surface area is 304 Å². The van der Waals surface area contributed by atoms with Crippen molar-refractivity contribution in [3.8, 4) is 0 Å². The van der Waals surface area contributed by atoms with Gasteiger partial charge in [0.2, 0.25) is 0 Å². The van der Waals surface area contributed by atoms with Crippen LogP contribution in [0.3, 0.4) is 0 Å². The SMILES string of the molecule is CC/C=C\C/C=C\C/C=C\CCCCCCCCC(CCCCCCCC/C=C\C/C=C\C/C=C\CC)OC(CCOS(C)(=O)=O)COC. The Kier molecular flexibility index (Phi) is 36.2. The molecule has 284 valence electrons. The van der Waals surface area contributed by atoms with E-state index in [0.29, 0.717) is 13.0 Å². The third-order valence-electron chi connectivity index (χ3n) is 8.33. The average molecular weight is 705 g/mol. The smallest absolute Gasteiger partial charge is 0.264 e. The summed E-state index contributed by atoms with van der Waals surface area (Å²) in [7, 11) is -1.78. The Balaban J connectivity index is 4.33. The molecule has 0 aliphatic carbocycles. The van der Waals surface area contributed by atoms with Crippen LogP contribution in [-0.4, -0.2) is 47.2 Å². The first-order valence-electron chi connectivity index (χ1n) is 19.8. The monoisotopic (exact) mass is 705 g/mol. The van der Waals surface area contributed by atoms with Crippen molar-refractivity contribution < 1.29 is 22.1 Å². The third-order valence-corrected chi connectivity index (χ3v) is 8.92. The van der Waals surface area contributed by atoms with E-state index < -0.39 is 10.1 Å². The highest BCUT2D eigenvalue weighted by molar-refractivity contribution is 7.85. The Bertz CT molecular complexity index is 922. The Hall–Kier alpha value is -1.73. The van der Waals surface area contributed by atoms with Crippen molar-refractivity contribution in [2.24, 2.45) is 0 Å². The Morgan fingerprint density at radius 1 is 0.490 bits per heavy atom. The fraction of sp³-hybridized carbons (Fsp3) is 0.721. The van der Waals surface area contributed by atoms with Gasteiger partial charge in [0.1, 0.15) is 0 Å². The maximum atomic E-state index is 11.4. The first kappa shape index (κ1) is 47.3. The summed E-state index contributed by atoms with van der Waals surface area (Å²) >= 11 is 0. The van der Waals surface area contributed by atoms with Gasteiger partial charge in [0.25, 0.3) is 10.1 Å². The summed E-state index contributed by atoms with van der Waals surface area (Å²) in [5, 5.41) is 0. The number of unbranched alkanes of at least 4 members (excludes halogenated alkanes) is 12. The van der Waals surface area contributed by atoms with Crippen LogP contribution in [0.1, 0.15) is 162 Å². The van der Waals surface area contributed by atoms with E-state index >= 15 is 0 Å². The lowest BCUT2D eigenvalue weighted by Gasteiger charge is -2.25. The highest BCUT2D eigenvalue weighted by Gasteiger charge is 2.18. The van der Waals surface area contributed by atoms with Gasteiger partial charge in [0, 0.05) is 13.5 Å². The molecule has 0 aromatic heterocycles. The zero-order valence-corrected chi connectivity index (χ0v) is 33.0. The van der Waals surface area contributed by atoms with Crippen LogP contribution in [0.25, 0.3) is 0 Å². The normalized spacial score (nSPS) is 13.7. The number of hydrogen-bond donors (Lipinski definition) is 0. The van der Waals surface area contributed by atoms with E-state index in [4.69, 9.17) is 13.7 Å². The van der Waals surface area contributed by atoms with Crippen LogP contribution in [-0.2, 0) is 23.8 Å². The molecule has 1 atom stereocenters. The molecule has 0 N–H and O–H groups in total. The minimum absolute atomic E-state index is 0.130. The topological polar surface area (TPSA) is 61.8 Å². The largest absolute Gasteiger partial charge is 0.382 e. The first-order valence-corrected chi connectivity index (χ1v) is 21.6. The lowest BCUT2D eigenvalue weighted by molar-refractivity contribution is -0.0627. The molecule has 0 spiro atoms. The molecule has 0 aliphatic rings. The molecule has 0 aromatic carbocycles. The second-order valence-corrected chi connectivity index (χ2v) is 14.8. The van der Waals surface area contributed by atoms with E-state index in [2.05, 4.69) is 86.8 Å². The third kappa shape index (κ3) is 38.9. The molecule has 0 heterocycles. The quantitative estimate of drug-likeness (QED) is 0.0369. The van der Waals surface area contributed by atoms with Crippen molar-refractivity contribution in [1.82, 2.24) is 0 Å². The first-order chi connectivity index (χ1) is 23.9. The van der Waals surface area contributed by atoms with Crippen molar-refractivity contribution in [3.05, 3.63) is 72.9 Å². The summed E-state index contributed by atoms with van der Waals surface area (Å²) in [6.45, 7) is 4.91. The molecule has 0 aliphatic heterocycles. The van der Waals surface area contributed by atoms with Crippen molar-refractivity contribution in [2.45, 2.75) is 174 Å². The molecule has 49 heavy (non-hydrogen) atoms. The zero-order valence-electron chi connectivity index (χ0n) is 32.2. The molecule has 1 unspecified atom stereocenters. The zero-order chi connectivity index (χ0) is 35.9. The fourth-order valence-corrected chi connectivity index (χ4v) is 5.99. The molecule has 0 saturated carbocycles. The molecule has 0 aromatic rings. The van der Waals surface area contributed by atoms with Gasteiger partial charge in [-0.05, 0) is 77.0 Å². The van der Waals surface area contributed by atoms with E-state index in [-0.39, 0.29) is 18.8 Å². The predicted octanol–water partition coefficient (Wildman–Crippen LogP) is 12.7. The van der Waals surface area contributed by atoms with E-state index in [9.17, 15) is 8.42 Å². The molecule has 0 amide bonds. The van der Waals surface area contributed by atoms with E-state index in [1.165, 1.54) is 89.9 Å². The molecule has 0 bridgehead atoms. The summed E-state index contributed by atoms with van der Waals surface area (Å²) in [6, 6.07) is 0. The van der Waals surface area contributed by atoms with Crippen molar-refractivity contribution in [3.63, 3.8) is 0 Å². The summed E-state index contributed by atoms with van der Waals surface area (Å²) < 4.78 is 39.8. The number of rotatable bonds is 36. The lowest BCUT2D eigenvalue weighted by Crippen LogP contribution is -2.28. The van der Waals surface area contributed by atoms with Crippen LogP contribution in [0.5, 0.6) is 0 Å². The van der Waals surface area contributed by atoms with E-state index in [1.807, 2.05) is 0 Å². The summed E-state index contributed by atoms with van der Waals surface area (Å²) in [5.74, 6) is 0. The fourth-order valence-electron chi connectivity index (χ4n) is 5.60. The van der Waals surface area contributed by atoms with Crippen LogP contribution in [0.15, 0.2) is 72.9 Å². The Morgan fingerprint density at radius 2 is 0.878 bits per heavy atom. The van der Waals surface area contributed by atoms with Gasteiger partial charge in [0.05, 0.1) is 31.7 Å². The number of hydrogen-bond acceptors (Lipinski definition) is 5. The van der Waals surface area contributed by atoms with E-state index in [0.717, 1.165) is 57.6 Å². The van der Waals surface area contributed by atoms with Gasteiger partial charge in [-0.15, -0.1) is 0 Å². The van der Waals surface area contributed by atoms with Crippen molar-refractivity contribution >= 4 is 10.1 Å². The summed E-state index contributed by atoms with van der Waals surface area (Å²) in [4.78, 5) is 0. The Morgan fingerprint density at radius 3 is 1.29 bits per heavy atom. The average Bonchev–Trinajstić information content (AvgIpc) is 3.07. The molecular formula is C43H76O5S. The van der Waals surface area contributed by atoms with Gasteiger partial charge in [0.15, 0.2) is 0 Å². The number of ether oxygens (including phenoxy) is 2. The highest BCUT2D eigenvalue weighted by atomic mass is 32.2. The summed E-state index contributed by atoms with van der Waals surface area (Å²) in [5.41, 5.74) is 0. The minimum Gasteiger partial charge on any atom is -0.382 e. The van der Waals surface area contributed by atoms with Gasteiger partial charge in [-0.2, -0.15) is 8.42 Å². The van der Waals surface area contributed by atoms with Crippen LogP contribution < -0.4 is 0 Å². The van der Waals surface area contributed by atoms with Crippen LogP contribution in [0.2, 0.25) is 0 Å². The number of allylic oxidation sites excluding steroid dienone is 12.